The molecule has 0 fully saturated rings. The van der Waals surface area contributed by atoms with Crippen LogP contribution in [0.4, 0.5) is 20.6 Å². The normalized spacial score (nSPS) is 11.2. The zero-order valence-corrected chi connectivity index (χ0v) is 14.5. The van der Waals surface area contributed by atoms with Gasteiger partial charge in [-0.25, -0.2) is 9.18 Å². The van der Waals surface area contributed by atoms with Gasteiger partial charge in [0.1, 0.15) is 11.4 Å². The second-order valence-corrected chi connectivity index (χ2v) is 7.56. The van der Waals surface area contributed by atoms with Gasteiger partial charge in [-0.1, -0.05) is 0 Å². The van der Waals surface area contributed by atoms with Crippen molar-refractivity contribution in [2.45, 2.75) is 39.8 Å². The van der Waals surface area contributed by atoms with E-state index in [9.17, 15) is 9.18 Å². The van der Waals surface area contributed by atoms with Gasteiger partial charge in [0.25, 0.3) is 0 Å². The summed E-state index contributed by atoms with van der Waals surface area (Å²) in [6.45, 7) is 7.96. The molecule has 4 nitrogen and oxygen atoms in total. The van der Waals surface area contributed by atoms with Crippen molar-refractivity contribution in [3.8, 4) is 0 Å². The van der Waals surface area contributed by atoms with Gasteiger partial charge >= 0.3 is 6.09 Å². The van der Waals surface area contributed by atoms with Crippen LogP contribution in [-0.2, 0) is 11.3 Å². The number of ether oxygens (including phenoxy) is 1. The van der Waals surface area contributed by atoms with Crippen molar-refractivity contribution in [3.05, 3.63) is 45.9 Å². The minimum absolute atomic E-state index is 0.0895. The number of halogens is 1. The first-order valence-corrected chi connectivity index (χ1v) is 8.13. The Morgan fingerprint density at radius 2 is 2.00 bits per heavy atom. The first-order valence-electron chi connectivity index (χ1n) is 7.32. The van der Waals surface area contributed by atoms with Gasteiger partial charge in [0.15, 0.2) is 0 Å². The summed E-state index contributed by atoms with van der Waals surface area (Å²) in [4.78, 5) is 14.2. The van der Waals surface area contributed by atoms with Crippen LogP contribution in [0, 0.1) is 12.7 Å². The fourth-order valence-electron chi connectivity index (χ4n) is 1.91. The maximum Gasteiger partial charge on any atom is 0.412 e. The number of rotatable bonds is 4. The molecule has 0 aliphatic carbocycles. The fourth-order valence-corrected chi connectivity index (χ4v) is 2.74. The third-order valence-electron chi connectivity index (χ3n) is 2.86. The molecule has 0 unspecified atom stereocenters. The maximum absolute atomic E-state index is 13.8. The molecule has 0 spiro atoms. The van der Waals surface area contributed by atoms with E-state index in [0.29, 0.717) is 6.54 Å². The molecule has 0 aliphatic heterocycles. The van der Waals surface area contributed by atoms with Gasteiger partial charge in [-0.2, -0.15) is 0 Å². The number of nitrogens with one attached hydrogen (secondary N) is 2. The Labute approximate surface area is 139 Å². The molecule has 2 rings (SSSR count). The molecule has 0 radical (unpaired) electrons. The number of carbonyl (C=O) groups is 1. The van der Waals surface area contributed by atoms with E-state index in [0.717, 1.165) is 5.69 Å². The predicted molar refractivity (Wildman–Crippen MR) is 92.6 cm³/mol. The van der Waals surface area contributed by atoms with Crippen molar-refractivity contribution in [2.24, 2.45) is 0 Å². The molecule has 0 atom stereocenters. The van der Waals surface area contributed by atoms with Crippen molar-refractivity contribution in [1.29, 1.82) is 0 Å². The summed E-state index contributed by atoms with van der Waals surface area (Å²) in [5.41, 5.74) is 0.183. The number of amides is 1. The van der Waals surface area contributed by atoms with Crippen LogP contribution in [-0.4, -0.2) is 11.7 Å². The molecule has 0 saturated carbocycles. The van der Waals surface area contributed by atoms with Gasteiger partial charge in [-0.15, -0.1) is 11.3 Å². The quantitative estimate of drug-likeness (QED) is 0.811. The van der Waals surface area contributed by atoms with Gasteiger partial charge in [0, 0.05) is 22.0 Å². The molecule has 1 aromatic heterocycles. The summed E-state index contributed by atoms with van der Waals surface area (Å²) >= 11 is 1.71. The lowest BCUT2D eigenvalue weighted by Gasteiger charge is -2.20. The van der Waals surface area contributed by atoms with Crippen LogP contribution >= 0.6 is 11.3 Å². The summed E-state index contributed by atoms with van der Waals surface area (Å²) in [6, 6.07) is 8.61. The molecule has 1 aromatic carbocycles. The number of aryl methyl sites for hydroxylation is 1. The molecule has 0 bridgehead atoms. The number of hydrogen-bond donors (Lipinski definition) is 2. The van der Waals surface area contributed by atoms with Crippen molar-refractivity contribution in [1.82, 2.24) is 0 Å². The molecule has 0 aliphatic rings. The number of carbonyl (C=O) groups excluding carboxylic acids is 1. The summed E-state index contributed by atoms with van der Waals surface area (Å²) in [5, 5.41) is 5.65. The average Bonchev–Trinajstić information content (AvgIpc) is 2.83. The highest BCUT2D eigenvalue weighted by molar-refractivity contribution is 7.11. The lowest BCUT2D eigenvalue weighted by atomic mass is 10.2. The third kappa shape index (κ3) is 5.56. The lowest BCUT2D eigenvalue weighted by Crippen LogP contribution is -2.27. The maximum atomic E-state index is 13.8. The highest BCUT2D eigenvalue weighted by Crippen LogP contribution is 2.22. The molecule has 23 heavy (non-hydrogen) atoms. The molecule has 0 saturated heterocycles. The highest BCUT2D eigenvalue weighted by atomic mass is 32.1. The Kier molecular flexibility index (Phi) is 5.26. The summed E-state index contributed by atoms with van der Waals surface area (Å²) < 4.78 is 19.0. The Bertz CT molecular complexity index is 692. The monoisotopic (exact) mass is 336 g/mol. The summed E-state index contributed by atoms with van der Waals surface area (Å²) in [6.07, 6.45) is -0.678. The zero-order chi connectivity index (χ0) is 17.0. The molecular formula is C17H21FN2O2S. The first kappa shape index (κ1) is 17.3. The predicted octanol–water partition coefficient (Wildman–Crippen LogP) is 5.15. The van der Waals surface area contributed by atoms with Crippen molar-refractivity contribution in [2.75, 3.05) is 10.6 Å². The Morgan fingerprint density at radius 3 is 2.61 bits per heavy atom. The van der Waals surface area contributed by atoms with E-state index in [1.165, 1.54) is 15.8 Å². The first-order chi connectivity index (χ1) is 10.7. The number of anilines is 2. The lowest BCUT2D eigenvalue weighted by molar-refractivity contribution is 0.0635. The van der Waals surface area contributed by atoms with Crippen LogP contribution in [0.15, 0.2) is 30.3 Å². The third-order valence-corrected chi connectivity index (χ3v) is 3.87. The number of benzene rings is 1. The molecule has 2 aromatic rings. The second-order valence-electron chi connectivity index (χ2n) is 6.19. The minimum Gasteiger partial charge on any atom is -0.444 e. The van der Waals surface area contributed by atoms with E-state index in [2.05, 4.69) is 29.7 Å². The number of thiophene rings is 1. The van der Waals surface area contributed by atoms with Gasteiger partial charge in [0.05, 0.1) is 5.69 Å². The topological polar surface area (TPSA) is 50.4 Å². The van der Waals surface area contributed by atoms with Gasteiger partial charge in [0.2, 0.25) is 0 Å². The van der Waals surface area contributed by atoms with E-state index < -0.39 is 17.5 Å². The minimum atomic E-state index is -0.678. The van der Waals surface area contributed by atoms with E-state index >= 15 is 0 Å². The fraction of sp³-hybridized carbons (Fsp3) is 0.353. The number of hydrogen-bond acceptors (Lipinski definition) is 4. The van der Waals surface area contributed by atoms with Gasteiger partial charge in [-0.05, 0) is 58.0 Å². The van der Waals surface area contributed by atoms with E-state index in [-0.39, 0.29) is 5.69 Å². The van der Waals surface area contributed by atoms with Crippen molar-refractivity contribution in [3.63, 3.8) is 0 Å². The molecule has 2 N–H and O–H groups in total. The van der Waals surface area contributed by atoms with E-state index in [4.69, 9.17) is 4.74 Å². The Morgan fingerprint density at radius 1 is 1.26 bits per heavy atom. The molecule has 124 valence electrons. The van der Waals surface area contributed by atoms with Crippen LogP contribution in [0.25, 0.3) is 0 Å². The second kappa shape index (κ2) is 7.00. The molecular weight excluding hydrogens is 315 g/mol. The molecule has 6 heteroatoms. The van der Waals surface area contributed by atoms with Gasteiger partial charge < -0.3 is 10.1 Å². The Balaban J connectivity index is 2.02. The smallest absolute Gasteiger partial charge is 0.412 e. The Hall–Kier alpha value is -2.08. The largest absolute Gasteiger partial charge is 0.444 e. The van der Waals surface area contributed by atoms with Crippen LogP contribution in [0.3, 0.4) is 0 Å². The van der Waals surface area contributed by atoms with Crippen molar-refractivity contribution >= 4 is 28.8 Å². The molecule has 1 amide bonds. The van der Waals surface area contributed by atoms with Crippen LogP contribution < -0.4 is 10.6 Å². The SMILES string of the molecule is Cc1ccc(CNc2ccc(F)c(NC(=O)OC(C)(C)C)c2)s1. The van der Waals surface area contributed by atoms with E-state index in [1.807, 2.05) is 0 Å². The molecule has 1 heterocycles. The van der Waals surface area contributed by atoms with E-state index in [1.54, 1.807) is 44.2 Å². The summed E-state index contributed by atoms with van der Waals surface area (Å²) in [5.74, 6) is -0.506. The van der Waals surface area contributed by atoms with Crippen molar-refractivity contribution < 1.29 is 13.9 Å². The van der Waals surface area contributed by atoms with Crippen LogP contribution in [0.5, 0.6) is 0 Å². The zero-order valence-electron chi connectivity index (χ0n) is 13.7. The van der Waals surface area contributed by atoms with Crippen LogP contribution in [0.2, 0.25) is 0 Å². The standard InChI is InChI=1S/C17H21FN2O2S/c1-11-5-7-13(23-11)10-19-12-6-8-14(18)15(9-12)20-16(21)22-17(2,3)4/h5-9,19H,10H2,1-4H3,(H,20,21). The van der Waals surface area contributed by atoms with Gasteiger partial charge in [-0.3, -0.25) is 5.32 Å². The highest BCUT2D eigenvalue weighted by Gasteiger charge is 2.17. The average molecular weight is 336 g/mol. The summed E-state index contributed by atoms with van der Waals surface area (Å²) in [7, 11) is 0. The van der Waals surface area contributed by atoms with Crippen LogP contribution in [0.1, 0.15) is 30.5 Å².